The van der Waals surface area contributed by atoms with Crippen molar-refractivity contribution >= 4 is 17.7 Å². The fourth-order valence-electron chi connectivity index (χ4n) is 1.74. The molecule has 0 spiro atoms. The van der Waals surface area contributed by atoms with Gasteiger partial charge in [-0.1, -0.05) is 0 Å². The maximum Gasteiger partial charge on any atom is 0.237 e. The Kier molecular flexibility index (Phi) is 4.26. The minimum Gasteiger partial charge on any atom is -0.336 e. The summed E-state index contributed by atoms with van der Waals surface area (Å²) < 4.78 is 0. The number of nitrogens with zero attached hydrogens (tertiary/aromatic N) is 2. The standard InChI is InChI=1S/C10H20N2OS/c1-8-5-12(9(2)7-14-4)10(13)6-11(8)3/h8-9H,5-7H2,1-4H3/t8-,9?/m1/s1. The van der Waals surface area contributed by atoms with Gasteiger partial charge in [-0.25, -0.2) is 0 Å². The van der Waals surface area contributed by atoms with Crippen LogP contribution >= 0.6 is 11.8 Å². The van der Waals surface area contributed by atoms with Crippen LogP contribution < -0.4 is 0 Å². The second-order valence-corrected chi connectivity index (χ2v) is 5.03. The third-order valence-electron chi connectivity index (χ3n) is 2.86. The van der Waals surface area contributed by atoms with Crippen molar-refractivity contribution < 1.29 is 4.79 Å². The number of hydrogen-bond donors (Lipinski definition) is 0. The Bertz CT molecular complexity index is 210. The quantitative estimate of drug-likeness (QED) is 0.700. The molecule has 0 N–H and O–H groups in total. The average Bonchev–Trinajstić information content (AvgIpc) is 2.11. The second-order valence-electron chi connectivity index (χ2n) is 4.11. The SMILES string of the molecule is CSCC(C)N1C[C@@H](C)N(C)CC1=O. The molecule has 0 bridgehead atoms. The van der Waals surface area contributed by atoms with E-state index in [4.69, 9.17) is 0 Å². The Morgan fingerprint density at radius 3 is 2.86 bits per heavy atom. The molecule has 0 aromatic rings. The summed E-state index contributed by atoms with van der Waals surface area (Å²) in [4.78, 5) is 15.9. The average molecular weight is 216 g/mol. The van der Waals surface area contributed by atoms with Crippen molar-refractivity contribution in [3.05, 3.63) is 0 Å². The van der Waals surface area contributed by atoms with Gasteiger partial charge in [0.25, 0.3) is 0 Å². The number of carbonyl (C=O) groups is 1. The van der Waals surface area contributed by atoms with Gasteiger partial charge >= 0.3 is 0 Å². The molecule has 1 fully saturated rings. The zero-order chi connectivity index (χ0) is 10.7. The summed E-state index contributed by atoms with van der Waals surface area (Å²) in [6.45, 7) is 5.74. The van der Waals surface area contributed by atoms with E-state index in [2.05, 4.69) is 25.0 Å². The Morgan fingerprint density at radius 1 is 1.64 bits per heavy atom. The van der Waals surface area contributed by atoms with Gasteiger partial charge in [-0.15, -0.1) is 0 Å². The summed E-state index contributed by atoms with van der Waals surface area (Å²) in [5, 5.41) is 0. The third kappa shape index (κ3) is 2.64. The van der Waals surface area contributed by atoms with Crippen LogP contribution in [0.4, 0.5) is 0 Å². The Labute approximate surface area is 90.8 Å². The molecular weight excluding hydrogens is 196 g/mol. The normalized spacial score (nSPS) is 26.7. The van der Waals surface area contributed by atoms with E-state index >= 15 is 0 Å². The molecule has 0 radical (unpaired) electrons. The first-order chi connectivity index (χ1) is 6.56. The number of carbonyl (C=O) groups excluding carboxylic acids is 1. The number of hydrogen-bond acceptors (Lipinski definition) is 3. The van der Waals surface area contributed by atoms with E-state index < -0.39 is 0 Å². The summed E-state index contributed by atoms with van der Waals surface area (Å²) in [5.41, 5.74) is 0. The molecule has 2 atom stereocenters. The van der Waals surface area contributed by atoms with Crippen LogP contribution in [0.2, 0.25) is 0 Å². The van der Waals surface area contributed by atoms with Gasteiger partial charge in [0.05, 0.1) is 6.54 Å². The third-order valence-corrected chi connectivity index (χ3v) is 3.67. The molecule has 1 rings (SSSR count). The van der Waals surface area contributed by atoms with Gasteiger partial charge in [0, 0.05) is 24.4 Å². The first-order valence-electron chi connectivity index (χ1n) is 5.05. The van der Waals surface area contributed by atoms with E-state index in [-0.39, 0.29) is 5.91 Å². The van der Waals surface area contributed by atoms with Crippen molar-refractivity contribution in [3.8, 4) is 0 Å². The summed E-state index contributed by atoms with van der Waals surface area (Å²) in [5.74, 6) is 1.30. The number of amides is 1. The minimum atomic E-state index is 0.271. The number of rotatable bonds is 3. The van der Waals surface area contributed by atoms with Crippen LogP contribution in [0.25, 0.3) is 0 Å². The van der Waals surface area contributed by atoms with E-state index in [1.807, 2.05) is 11.9 Å². The lowest BCUT2D eigenvalue weighted by Gasteiger charge is -2.40. The van der Waals surface area contributed by atoms with E-state index in [0.717, 1.165) is 12.3 Å². The van der Waals surface area contributed by atoms with E-state index in [0.29, 0.717) is 18.6 Å². The summed E-state index contributed by atoms with van der Waals surface area (Å²) in [6.07, 6.45) is 2.08. The van der Waals surface area contributed by atoms with Crippen molar-refractivity contribution in [1.82, 2.24) is 9.80 Å². The largest absolute Gasteiger partial charge is 0.336 e. The summed E-state index contributed by atoms with van der Waals surface area (Å²) >= 11 is 1.80. The van der Waals surface area contributed by atoms with Gasteiger partial charge < -0.3 is 4.90 Å². The highest BCUT2D eigenvalue weighted by molar-refractivity contribution is 7.98. The molecule has 1 heterocycles. The maximum atomic E-state index is 11.7. The Hall–Kier alpha value is -0.220. The molecule has 14 heavy (non-hydrogen) atoms. The molecule has 3 nitrogen and oxygen atoms in total. The van der Waals surface area contributed by atoms with Crippen LogP contribution in [-0.4, -0.2) is 59.9 Å². The van der Waals surface area contributed by atoms with Crippen LogP contribution in [0.3, 0.4) is 0 Å². The highest BCUT2D eigenvalue weighted by Gasteiger charge is 2.29. The van der Waals surface area contributed by atoms with Crippen LogP contribution in [0.1, 0.15) is 13.8 Å². The van der Waals surface area contributed by atoms with Crippen LogP contribution in [0, 0.1) is 0 Å². The van der Waals surface area contributed by atoms with E-state index in [1.165, 1.54) is 0 Å². The number of thioether (sulfide) groups is 1. The Balaban J connectivity index is 2.56. The van der Waals surface area contributed by atoms with Crippen molar-refractivity contribution in [2.24, 2.45) is 0 Å². The highest BCUT2D eigenvalue weighted by atomic mass is 32.2. The van der Waals surface area contributed by atoms with Gasteiger partial charge in [-0.05, 0) is 27.2 Å². The molecule has 1 aliphatic rings. The molecule has 0 saturated carbocycles. The fourth-order valence-corrected chi connectivity index (χ4v) is 2.41. The topological polar surface area (TPSA) is 23.6 Å². The van der Waals surface area contributed by atoms with Gasteiger partial charge in [0.15, 0.2) is 0 Å². The van der Waals surface area contributed by atoms with Gasteiger partial charge in [-0.2, -0.15) is 11.8 Å². The first kappa shape index (κ1) is 11.9. The predicted octanol–water partition coefficient (Wildman–Crippen LogP) is 0.900. The first-order valence-corrected chi connectivity index (χ1v) is 6.44. The molecule has 1 saturated heterocycles. The lowest BCUT2D eigenvalue weighted by Crippen LogP contribution is -2.56. The molecule has 0 aliphatic carbocycles. The number of likely N-dealkylation sites (N-methyl/N-ethyl adjacent to an activating group) is 1. The van der Waals surface area contributed by atoms with E-state index in [1.54, 1.807) is 11.8 Å². The molecule has 1 unspecified atom stereocenters. The maximum absolute atomic E-state index is 11.7. The van der Waals surface area contributed by atoms with Crippen molar-refractivity contribution in [1.29, 1.82) is 0 Å². The lowest BCUT2D eigenvalue weighted by molar-refractivity contribution is -0.139. The number of piperazine rings is 1. The fraction of sp³-hybridized carbons (Fsp3) is 0.900. The Morgan fingerprint density at radius 2 is 2.29 bits per heavy atom. The lowest BCUT2D eigenvalue weighted by atomic mass is 10.1. The zero-order valence-electron chi connectivity index (χ0n) is 9.49. The van der Waals surface area contributed by atoms with Crippen LogP contribution in [-0.2, 0) is 4.79 Å². The predicted molar refractivity (Wildman–Crippen MR) is 61.6 cm³/mol. The zero-order valence-corrected chi connectivity index (χ0v) is 10.3. The molecule has 1 amide bonds. The monoisotopic (exact) mass is 216 g/mol. The second kappa shape index (κ2) is 5.03. The van der Waals surface area contributed by atoms with Crippen molar-refractivity contribution in [2.45, 2.75) is 25.9 Å². The van der Waals surface area contributed by atoms with Crippen molar-refractivity contribution in [3.63, 3.8) is 0 Å². The van der Waals surface area contributed by atoms with Gasteiger partial charge in [-0.3, -0.25) is 9.69 Å². The van der Waals surface area contributed by atoms with Crippen LogP contribution in [0.15, 0.2) is 0 Å². The molecular formula is C10H20N2OS. The highest BCUT2D eigenvalue weighted by Crippen LogP contribution is 2.13. The van der Waals surface area contributed by atoms with E-state index in [9.17, 15) is 4.79 Å². The van der Waals surface area contributed by atoms with Crippen molar-refractivity contribution in [2.75, 3.05) is 32.1 Å². The molecule has 82 valence electrons. The summed E-state index contributed by atoms with van der Waals surface area (Å²) in [7, 11) is 2.01. The van der Waals surface area contributed by atoms with Crippen LogP contribution in [0.5, 0.6) is 0 Å². The molecule has 1 aliphatic heterocycles. The molecule has 4 heteroatoms. The van der Waals surface area contributed by atoms with Gasteiger partial charge in [0.1, 0.15) is 0 Å². The minimum absolute atomic E-state index is 0.271. The molecule has 0 aromatic heterocycles. The summed E-state index contributed by atoms with van der Waals surface area (Å²) in [6, 6.07) is 0.852. The smallest absolute Gasteiger partial charge is 0.237 e. The van der Waals surface area contributed by atoms with Gasteiger partial charge in [0.2, 0.25) is 5.91 Å². The molecule has 0 aromatic carbocycles.